The van der Waals surface area contributed by atoms with Gasteiger partial charge in [-0.3, -0.25) is 4.90 Å². The Kier molecular flexibility index (Phi) is 6.54. The summed E-state index contributed by atoms with van der Waals surface area (Å²) in [7, 11) is 0. The first-order valence-electron chi connectivity index (χ1n) is 9.47. The average Bonchev–Trinajstić information content (AvgIpc) is 2.56. The molecule has 2 aliphatic heterocycles. The van der Waals surface area contributed by atoms with Crippen LogP contribution in [0.2, 0.25) is 0 Å². The molecule has 0 radical (unpaired) electrons. The molecule has 22 heavy (non-hydrogen) atoms. The fourth-order valence-electron chi connectivity index (χ4n) is 4.71. The lowest BCUT2D eigenvalue weighted by Gasteiger charge is -2.38. The van der Waals surface area contributed by atoms with Crippen LogP contribution in [0, 0.1) is 17.8 Å². The fraction of sp³-hybridized carbons (Fsp3) is 1.00. The summed E-state index contributed by atoms with van der Waals surface area (Å²) in [6.07, 6.45) is 8.16. The smallest absolute Gasteiger partial charge is 0.0594 e. The quantitative estimate of drug-likeness (QED) is 0.840. The Balaban J connectivity index is 1.42. The van der Waals surface area contributed by atoms with Crippen LogP contribution in [0.15, 0.2) is 0 Å². The topological polar surface area (TPSA) is 35.9 Å². The first-order chi connectivity index (χ1) is 10.8. The molecular weight excluding hydrogens is 276 g/mol. The number of ether oxygens (including phenoxy) is 1. The lowest BCUT2D eigenvalue weighted by molar-refractivity contribution is 0.0235. The van der Waals surface area contributed by atoms with E-state index in [2.05, 4.69) is 9.80 Å². The fourth-order valence-corrected chi connectivity index (χ4v) is 4.71. The number of likely N-dealkylation sites (tertiary alicyclic amines) is 1. The monoisotopic (exact) mass is 310 g/mol. The van der Waals surface area contributed by atoms with Crippen LogP contribution in [-0.4, -0.2) is 74.0 Å². The molecule has 0 aromatic heterocycles. The van der Waals surface area contributed by atoms with Crippen LogP contribution in [0.5, 0.6) is 0 Å². The Bertz CT molecular complexity index is 320. The average molecular weight is 310 g/mol. The molecule has 1 aliphatic carbocycles. The van der Waals surface area contributed by atoms with E-state index in [1.165, 1.54) is 58.2 Å². The lowest BCUT2D eigenvalue weighted by atomic mass is 9.80. The van der Waals surface area contributed by atoms with Gasteiger partial charge in [-0.2, -0.15) is 0 Å². The second-order valence-corrected chi connectivity index (χ2v) is 7.76. The number of aliphatic hydroxyl groups excluding tert-OH is 1. The minimum Gasteiger partial charge on any atom is -0.396 e. The van der Waals surface area contributed by atoms with Crippen molar-refractivity contribution in [2.75, 3.05) is 59.1 Å². The summed E-state index contributed by atoms with van der Waals surface area (Å²) in [6.45, 7) is 9.42. The molecule has 0 spiro atoms. The Morgan fingerprint density at radius 3 is 2.23 bits per heavy atom. The van der Waals surface area contributed by atoms with E-state index in [1.807, 2.05) is 0 Å². The van der Waals surface area contributed by atoms with Gasteiger partial charge in [0.2, 0.25) is 0 Å². The van der Waals surface area contributed by atoms with Gasteiger partial charge in [-0.25, -0.2) is 0 Å². The van der Waals surface area contributed by atoms with E-state index in [4.69, 9.17) is 4.74 Å². The molecule has 0 amide bonds. The number of nitrogens with zero attached hydrogens (tertiary/aromatic N) is 2. The van der Waals surface area contributed by atoms with Gasteiger partial charge in [-0.1, -0.05) is 6.42 Å². The normalized spacial score (nSPS) is 35.6. The van der Waals surface area contributed by atoms with Gasteiger partial charge in [0.05, 0.1) is 13.2 Å². The van der Waals surface area contributed by atoms with E-state index in [0.29, 0.717) is 12.5 Å². The maximum absolute atomic E-state index is 9.40. The zero-order valence-electron chi connectivity index (χ0n) is 14.1. The summed E-state index contributed by atoms with van der Waals surface area (Å²) in [5, 5.41) is 9.40. The summed E-state index contributed by atoms with van der Waals surface area (Å²) >= 11 is 0. The Labute approximate surface area is 135 Å². The minimum absolute atomic E-state index is 0.376. The molecule has 1 saturated carbocycles. The van der Waals surface area contributed by atoms with Crippen molar-refractivity contribution in [3.63, 3.8) is 0 Å². The van der Waals surface area contributed by atoms with Gasteiger partial charge in [0, 0.05) is 39.3 Å². The van der Waals surface area contributed by atoms with E-state index in [1.54, 1.807) is 0 Å². The largest absolute Gasteiger partial charge is 0.396 e. The van der Waals surface area contributed by atoms with E-state index >= 15 is 0 Å². The van der Waals surface area contributed by atoms with Gasteiger partial charge >= 0.3 is 0 Å². The highest BCUT2D eigenvalue weighted by molar-refractivity contribution is 4.81. The van der Waals surface area contributed by atoms with Crippen LogP contribution >= 0.6 is 0 Å². The molecule has 128 valence electrons. The third-order valence-electron chi connectivity index (χ3n) is 5.89. The summed E-state index contributed by atoms with van der Waals surface area (Å²) in [5.41, 5.74) is 0. The predicted octanol–water partition coefficient (Wildman–Crippen LogP) is 1.83. The number of hydrogen-bond donors (Lipinski definition) is 1. The molecule has 2 saturated heterocycles. The van der Waals surface area contributed by atoms with Gasteiger partial charge in [-0.15, -0.1) is 0 Å². The SMILES string of the molecule is OCC1CCCN(CC2CCCC(CN3CCOCC3)C2)C1. The molecule has 2 heterocycles. The molecular formula is C18H34N2O2. The number of morpholine rings is 1. The number of hydrogen-bond acceptors (Lipinski definition) is 4. The van der Waals surface area contributed by atoms with Crippen molar-refractivity contribution in [1.82, 2.24) is 9.80 Å². The molecule has 3 rings (SSSR count). The van der Waals surface area contributed by atoms with Crippen LogP contribution in [0.25, 0.3) is 0 Å². The maximum Gasteiger partial charge on any atom is 0.0594 e. The van der Waals surface area contributed by atoms with Gasteiger partial charge in [0.25, 0.3) is 0 Å². The van der Waals surface area contributed by atoms with Crippen LogP contribution in [-0.2, 0) is 4.74 Å². The summed E-state index contributed by atoms with van der Waals surface area (Å²) < 4.78 is 5.46. The Morgan fingerprint density at radius 2 is 1.50 bits per heavy atom. The van der Waals surface area contributed by atoms with Crippen molar-refractivity contribution in [2.45, 2.75) is 38.5 Å². The van der Waals surface area contributed by atoms with Crippen molar-refractivity contribution < 1.29 is 9.84 Å². The zero-order valence-corrected chi connectivity index (χ0v) is 14.1. The number of aliphatic hydroxyl groups is 1. The third kappa shape index (κ3) is 4.92. The summed E-state index contributed by atoms with van der Waals surface area (Å²) in [4.78, 5) is 5.24. The highest BCUT2D eigenvalue weighted by atomic mass is 16.5. The van der Waals surface area contributed by atoms with Gasteiger partial charge in [0.15, 0.2) is 0 Å². The molecule has 0 bridgehead atoms. The lowest BCUT2D eigenvalue weighted by Crippen LogP contribution is -2.42. The Hall–Kier alpha value is -0.160. The number of rotatable bonds is 5. The maximum atomic E-state index is 9.40. The molecule has 3 fully saturated rings. The van der Waals surface area contributed by atoms with E-state index in [-0.39, 0.29) is 0 Å². The molecule has 3 atom stereocenters. The van der Waals surface area contributed by atoms with Crippen LogP contribution in [0.3, 0.4) is 0 Å². The van der Waals surface area contributed by atoms with Crippen molar-refractivity contribution in [3.05, 3.63) is 0 Å². The van der Waals surface area contributed by atoms with Crippen molar-refractivity contribution in [3.8, 4) is 0 Å². The molecule has 1 N–H and O–H groups in total. The van der Waals surface area contributed by atoms with Crippen molar-refractivity contribution in [1.29, 1.82) is 0 Å². The highest BCUT2D eigenvalue weighted by Gasteiger charge is 2.27. The van der Waals surface area contributed by atoms with Crippen LogP contribution in [0.4, 0.5) is 0 Å². The predicted molar refractivity (Wildman–Crippen MR) is 89.0 cm³/mol. The van der Waals surface area contributed by atoms with Crippen LogP contribution < -0.4 is 0 Å². The van der Waals surface area contributed by atoms with Gasteiger partial charge in [0.1, 0.15) is 0 Å². The first kappa shape index (κ1) is 16.7. The molecule has 0 aromatic carbocycles. The summed E-state index contributed by atoms with van der Waals surface area (Å²) in [5.74, 6) is 2.31. The minimum atomic E-state index is 0.376. The highest BCUT2D eigenvalue weighted by Crippen LogP contribution is 2.31. The van der Waals surface area contributed by atoms with E-state index in [0.717, 1.165) is 44.7 Å². The zero-order chi connectivity index (χ0) is 15.2. The second kappa shape index (κ2) is 8.62. The first-order valence-corrected chi connectivity index (χ1v) is 9.47. The molecule has 0 aromatic rings. The summed E-state index contributed by atoms with van der Waals surface area (Å²) in [6, 6.07) is 0. The van der Waals surface area contributed by atoms with Crippen molar-refractivity contribution in [2.24, 2.45) is 17.8 Å². The molecule has 4 nitrogen and oxygen atoms in total. The third-order valence-corrected chi connectivity index (χ3v) is 5.89. The second-order valence-electron chi connectivity index (χ2n) is 7.76. The molecule has 4 heteroatoms. The molecule has 3 aliphatic rings. The molecule has 3 unspecified atom stereocenters. The van der Waals surface area contributed by atoms with Gasteiger partial charge in [-0.05, 0) is 56.4 Å². The van der Waals surface area contributed by atoms with Crippen LogP contribution in [0.1, 0.15) is 38.5 Å². The van der Waals surface area contributed by atoms with Gasteiger partial charge < -0.3 is 14.7 Å². The standard InChI is InChI=1S/C18H34N2O2/c21-15-18-5-2-6-20(14-18)13-17-4-1-3-16(11-17)12-19-7-9-22-10-8-19/h16-18,21H,1-15H2. The van der Waals surface area contributed by atoms with E-state index < -0.39 is 0 Å². The number of piperidine rings is 1. The van der Waals surface area contributed by atoms with Crippen molar-refractivity contribution >= 4 is 0 Å². The van der Waals surface area contributed by atoms with E-state index in [9.17, 15) is 5.11 Å². The Morgan fingerprint density at radius 1 is 0.818 bits per heavy atom.